The molecule has 0 bridgehead atoms. The van der Waals surface area contributed by atoms with Crippen molar-refractivity contribution in [1.29, 1.82) is 0 Å². The zero-order chi connectivity index (χ0) is 22.4. The van der Waals surface area contributed by atoms with E-state index in [1.165, 1.54) is 49.3 Å². The van der Waals surface area contributed by atoms with Crippen molar-refractivity contribution >= 4 is 36.0 Å². The van der Waals surface area contributed by atoms with Gasteiger partial charge in [0, 0.05) is 11.8 Å². The van der Waals surface area contributed by atoms with Gasteiger partial charge in [-0.05, 0) is 59.9 Å². The Morgan fingerprint density at radius 2 is 1.06 bits per heavy atom. The lowest BCUT2D eigenvalue weighted by Gasteiger charge is -2.30. The van der Waals surface area contributed by atoms with Gasteiger partial charge in [0.1, 0.15) is 0 Å². The molecule has 1 heteroatoms. The maximum Gasteiger partial charge on any atom is 0.0168 e. The monoisotopic (exact) mass is 442 g/mol. The Kier molecular flexibility index (Phi) is 5.12. The highest BCUT2D eigenvalue weighted by Gasteiger charge is 2.38. The molecule has 0 saturated heterocycles. The van der Waals surface area contributed by atoms with Crippen molar-refractivity contribution in [1.82, 2.24) is 0 Å². The number of hydrogen-bond acceptors (Lipinski definition) is 0. The van der Waals surface area contributed by atoms with Crippen molar-refractivity contribution in [3.8, 4) is 0 Å². The minimum absolute atomic E-state index is 0.383. The van der Waals surface area contributed by atoms with Gasteiger partial charge in [-0.3, -0.25) is 0 Å². The highest BCUT2D eigenvalue weighted by molar-refractivity contribution is 7.79. The van der Waals surface area contributed by atoms with E-state index in [-0.39, 0.29) is 0 Å². The predicted octanol–water partition coefficient (Wildman–Crippen LogP) is 7.15. The predicted molar refractivity (Wildman–Crippen MR) is 144 cm³/mol. The average Bonchev–Trinajstić information content (AvgIpc) is 3.35. The van der Waals surface area contributed by atoms with Crippen molar-refractivity contribution < 1.29 is 0 Å². The number of hydrogen-bond donors (Lipinski definition) is 0. The van der Waals surface area contributed by atoms with E-state index in [1.54, 1.807) is 0 Å². The van der Waals surface area contributed by atoms with Gasteiger partial charge in [0.2, 0.25) is 0 Å². The van der Waals surface area contributed by atoms with Crippen LogP contribution in [0.2, 0.25) is 0 Å². The molecule has 6 rings (SSSR count). The van der Waals surface area contributed by atoms with Crippen molar-refractivity contribution in [2.24, 2.45) is 0 Å². The van der Waals surface area contributed by atoms with Crippen LogP contribution < -0.4 is 15.9 Å². The molecule has 0 saturated carbocycles. The van der Waals surface area contributed by atoms with Crippen LogP contribution in [0.4, 0.5) is 0 Å². The Hall–Kier alpha value is -3.21. The summed E-state index contributed by atoms with van der Waals surface area (Å²) in [6.45, 7) is 4.64. The van der Waals surface area contributed by atoms with Gasteiger partial charge in [-0.2, -0.15) is 0 Å². The van der Waals surface area contributed by atoms with Crippen LogP contribution in [0.5, 0.6) is 0 Å². The first-order valence-electron chi connectivity index (χ1n) is 11.7. The summed E-state index contributed by atoms with van der Waals surface area (Å²) in [5.74, 6) is 0.789. The molecular weight excluding hydrogens is 415 g/mol. The Bertz CT molecular complexity index is 1340. The summed E-state index contributed by atoms with van der Waals surface area (Å²) in [6, 6.07) is 38.1. The van der Waals surface area contributed by atoms with Crippen LogP contribution in [0, 0.1) is 0 Å². The van der Waals surface area contributed by atoms with Crippen molar-refractivity contribution in [3.63, 3.8) is 0 Å². The Morgan fingerprint density at radius 1 is 0.515 bits per heavy atom. The van der Waals surface area contributed by atoms with Gasteiger partial charge in [0.15, 0.2) is 0 Å². The van der Waals surface area contributed by atoms with E-state index in [1.807, 2.05) is 0 Å². The number of benzene rings is 4. The maximum absolute atomic E-state index is 2.43. The first-order chi connectivity index (χ1) is 16.2. The molecule has 0 heterocycles. The minimum Gasteiger partial charge on any atom is -0.0643 e. The van der Waals surface area contributed by atoms with E-state index in [0.29, 0.717) is 11.8 Å². The molecule has 0 spiro atoms. The summed E-state index contributed by atoms with van der Waals surface area (Å²) >= 11 is 0. The molecule has 0 nitrogen and oxygen atoms in total. The standard InChI is InChI=1S/C32H27P/c1-22-20-24-12-9-10-18-28(24)30(22)31-23(2)21-25-13-11-19-29(32(25)31)33(26-14-5-3-6-15-26)27-16-7-4-8-17-27/h3-21,30-31H,1-2H3. The number of fused-ring (bicyclic) bond motifs is 2. The molecule has 4 aromatic rings. The van der Waals surface area contributed by atoms with Gasteiger partial charge in [-0.25, -0.2) is 0 Å². The normalized spacial score (nSPS) is 18.6. The molecule has 0 amide bonds. The number of allylic oxidation sites excluding steroid dienone is 2. The molecule has 4 aromatic carbocycles. The van der Waals surface area contributed by atoms with Crippen LogP contribution in [-0.4, -0.2) is 0 Å². The molecular formula is C32H27P. The van der Waals surface area contributed by atoms with E-state index in [2.05, 4.69) is 129 Å². The highest BCUT2D eigenvalue weighted by Crippen LogP contribution is 2.53. The fourth-order valence-corrected chi connectivity index (χ4v) is 8.29. The zero-order valence-electron chi connectivity index (χ0n) is 19.1. The lowest BCUT2D eigenvalue weighted by molar-refractivity contribution is 0.695. The summed E-state index contributed by atoms with van der Waals surface area (Å²) in [6.07, 6.45) is 4.83. The van der Waals surface area contributed by atoms with E-state index in [0.717, 1.165) is 0 Å². The van der Waals surface area contributed by atoms with E-state index in [9.17, 15) is 0 Å². The third kappa shape index (κ3) is 3.41. The third-order valence-electron chi connectivity index (χ3n) is 7.11. The molecule has 33 heavy (non-hydrogen) atoms. The first kappa shape index (κ1) is 20.4. The van der Waals surface area contributed by atoms with E-state index >= 15 is 0 Å². The topological polar surface area (TPSA) is 0 Å². The summed E-state index contributed by atoms with van der Waals surface area (Å²) in [4.78, 5) is 0. The van der Waals surface area contributed by atoms with Gasteiger partial charge >= 0.3 is 0 Å². The molecule has 2 aliphatic rings. The van der Waals surface area contributed by atoms with E-state index in [4.69, 9.17) is 0 Å². The zero-order valence-corrected chi connectivity index (χ0v) is 20.0. The van der Waals surface area contributed by atoms with Gasteiger partial charge in [0.25, 0.3) is 0 Å². The lowest BCUT2D eigenvalue weighted by Crippen LogP contribution is -2.26. The van der Waals surface area contributed by atoms with Crippen LogP contribution in [0.3, 0.4) is 0 Å². The quantitative estimate of drug-likeness (QED) is 0.295. The second-order valence-corrected chi connectivity index (χ2v) is 11.3. The Balaban J connectivity index is 1.56. The molecule has 0 radical (unpaired) electrons. The van der Waals surface area contributed by atoms with Gasteiger partial charge < -0.3 is 0 Å². The molecule has 0 aliphatic heterocycles. The summed E-state index contributed by atoms with van der Waals surface area (Å²) in [5, 5.41) is 4.32. The van der Waals surface area contributed by atoms with Crippen LogP contribution in [0.1, 0.15) is 47.9 Å². The van der Waals surface area contributed by atoms with Crippen molar-refractivity contribution in [2.75, 3.05) is 0 Å². The van der Waals surface area contributed by atoms with Gasteiger partial charge in [0.05, 0.1) is 0 Å². The number of rotatable bonds is 4. The van der Waals surface area contributed by atoms with Crippen LogP contribution in [0.15, 0.2) is 114 Å². The summed E-state index contributed by atoms with van der Waals surface area (Å²) in [7, 11) is -0.643. The minimum atomic E-state index is -0.643. The fourth-order valence-electron chi connectivity index (χ4n) is 5.75. The summed E-state index contributed by atoms with van der Waals surface area (Å²) < 4.78 is 0. The molecule has 2 aliphatic carbocycles. The fraction of sp³-hybridized carbons (Fsp3) is 0.125. The Labute approximate surface area is 198 Å². The first-order valence-corrected chi connectivity index (χ1v) is 13.0. The second-order valence-electron chi connectivity index (χ2n) is 9.15. The highest BCUT2D eigenvalue weighted by atomic mass is 31.1. The van der Waals surface area contributed by atoms with Crippen LogP contribution in [-0.2, 0) is 0 Å². The molecule has 0 aromatic heterocycles. The summed E-state index contributed by atoms with van der Waals surface area (Å²) in [5.41, 5.74) is 8.73. The largest absolute Gasteiger partial charge is 0.0643 e. The van der Waals surface area contributed by atoms with Gasteiger partial charge in [-0.15, -0.1) is 0 Å². The smallest absolute Gasteiger partial charge is 0.0168 e. The van der Waals surface area contributed by atoms with Crippen molar-refractivity contribution in [3.05, 3.63) is 137 Å². The molecule has 2 unspecified atom stereocenters. The van der Waals surface area contributed by atoms with Gasteiger partial charge in [-0.1, -0.05) is 126 Å². The van der Waals surface area contributed by atoms with Crippen LogP contribution >= 0.6 is 7.92 Å². The maximum atomic E-state index is 2.43. The average molecular weight is 443 g/mol. The Morgan fingerprint density at radius 3 is 1.76 bits per heavy atom. The molecule has 160 valence electrons. The molecule has 0 fully saturated rings. The molecule has 0 N–H and O–H groups in total. The molecule has 2 atom stereocenters. The van der Waals surface area contributed by atoms with E-state index < -0.39 is 7.92 Å². The SMILES string of the molecule is CC1=Cc2ccccc2C1C1C(C)=Cc2cccc(P(c3ccccc3)c3ccccc3)c21. The van der Waals surface area contributed by atoms with Crippen molar-refractivity contribution in [2.45, 2.75) is 25.7 Å². The lowest BCUT2D eigenvalue weighted by atomic mass is 9.78. The third-order valence-corrected chi connectivity index (χ3v) is 9.61. The second kappa shape index (κ2) is 8.29. The van der Waals surface area contributed by atoms with Crippen LogP contribution in [0.25, 0.3) is 12.2 Å².